The summed E-state index contributed by atoms with van der Waals surface area (Å²) in [7, 11) is -4.36. The normalized spacial score (nSPS) is 24.3. The molecule has 0 radical (unpaired) electrons. The van der Waals surface area contributed by atoms with Gasteiger partial charge in [-0.15, -0.1) is 0 Å². The van der Waals surface area contributed by atoms with Crippen molar-refractivity contribution >= 4 is 36.0 Å². The molecule has 1 aliphatic rings. The first-order valence-electron chi connectivity index (χ1n) is 10.1. The molecule has 0 unspecified atom stereocenters. The Morgan fingerprint density at radius 3 is 2.64 bits per heavy atom. The van der Waals surface area contributed by atoms with Crippen molar-refractivity contribution in [3.05, 3.63) is 53.4 Å². The summed E-state index contributed by atoms with van der Waals surface area (Å²) in [6.07, 6.45) is -3.87. The smallest absolute Gasteiger partial charge is 0.350 e. The van der Waals surface area contributed by atoms with Crippen molar-refractivity contribution in [2.45, 2.75) is 37.5 Å². The lowest BCUT2D eigenvalue weighted by Gasteiger charge is -2.19. The Kier molecular flexibility index (Phi) is 7.04. The first kappa shape index (κ1) is 24.1. The maximum atomic E-state index is 11.0. The highest BCUT2D eigenvalue weighted by molar-refractivity contribution is 7.51. The second kappa shape index (κ2) is 9.65. The van der Waals surface area contributed by atoms with E-state index in [0.717, 1.165) is 5.56 Å². The number of aliphatic hydroxyl groups excluding tert-OH is 2. The Morgan fingerprint density at radius 2 is 1.94 bits per heavy atom. The molecule has 3 aromatic rings. The Hall–Kier alpha value is -2.08. The number of ether oxygens (including phenoxy) is 2. The maximum Gasteiger partial charge on any atom is 0.350 e. The van der Waals surface area contributed by atoms with Crippen molar-refractivity contribution in [2.75, 3.05) is 18.3 Å². The quantitative estimate of drug-likeness (QED) is 0.230. The first-order valence-corrected chi connectivity index (χ1v) is 12.3. The highest BCUT2D eigenvalue weighted by atomic mass is 35.5. The minimum atomic E-state index is -4.36. The zero-order valence-corrected chi connectivity index (χ0v) is 19.2. The second-order valence-electron chi connectivity index (χ2n) is 7.79. The number of aliphatic hydroxyl groups is 2. The average molecular weight is 499 g/mol. The molecule has 11 nitrogen and oxygen atoms in total. The van der Waals surface area contributed by atoms with Gasteiger partial charge in [0.15, 0.2) is 6.23 Å². The van der Waals surface area contributed by atoms with Crippen LogP contribution in [0.15, 0.2) is 42.6 Å². The maximum absolute atomic E-state index is 11.0. The van der Waals surface area contributed by atoms with E-state index in [0.29, 0.717) is 16.9 Å². The number of hydrogen-bond acceptors (Lipinski definition) is 8. The third-order valence-corrected chi connectivity index (χ3v) is 6.04. The van der Waals surface area contributed by atoms with Gasteiger partial charge in [-0.1, -0.05) is 30.3 Å². The predicted octanol–water partition coefficient (Wildman–Crippen LogP) is 2.03. The van der Waals surface area contributed by atoms with Gasteiger partial charge in [-0.3, -0.25) is 4.57 Å². The molecule has 33 heavy (non-hydrogen) atoms. The van der Waals surface area contributed by atoms with Crippen LogP contribution in [0.4, 0.5) is 5.82 Å². The van der Waals surface area contributed by atoms with Gasteiger partial charge in [0.25, 0.3) is 0 Å². The van der Waals surface area contributed by atoms with E-state index < -0.39 is 38.5 Å². The molecule has 2 aromatic heterocycles. The number of halogens is 1. The molecule has 1 aliphatic heterocycles. The van der Waals surface area contributed by atoms with Gasteiger partial charge in [0.1, 0.15) is 36.1 Å². The van der Waals surface area contributed by atoms with Crippen molar-refractivity contribution in [1.29, 1.82) is 0 Å². The number of hydrogen-bond donors (Lipinski definition) is 5. The lowest BCUT2D eigenvalue weighted by molar-refractivity contribution is -0.0610. The molecular formula is C20H24ClN4O7P. The van der Waals surface area contributed by atoms with Crippen LogP contribution in [0.5, 0.6) is 0 Å². The zero-order chi connectivity index (χ0) is 23.8. The summed E-state index contributed by atoms with van der Waals surface area (Å²) in [6, 6.07) is 11.5. The van der Waals surface area contributed by atoms with Crippen LogP contribution in [0.3, 0.4) is 0 Å². The van der Waals surface area contributed by atoms with Crippen LogP contribution in [0.25, 0.3) is 11.0 Å². The molecule has 5 N–H and O–H groups in total. The number of rotatable bonds is 8. The van der Waals surface area contributed by atoms with Crippen LogP contribution < -0.4 is 5.32 Å². The largest absolute Gasteiger partial charge is 0.387 e. The van der Waals surface area contributed by atoms with Crippen molar-refractivity contribution in [3.63, 3.8) is 0 Å². The Morgan fingerprint density at radius 1 is 1.21 bits per heavy atom. The number of nitrogens with one attached hydrogen (secondary N) is 1. The van der Waals surface area contributed by atoms with Gasteiger partial charge in [-0.25, -0.2) is 4.98 Å². The summed E-state index contributed by atoms with van der Waals surface area (Å²) in [5, 5.41) is 24.8. The molecule has 1 fully saturated rings. The third-order valence-electron chi connectivity index (χ3n) is 5.35. The highest BCUT2D eigenvalue weighted by Crippen LogP contribution is 2.37. The third kappa shape index (κ3) is 5.37. The molecular weight excluding hydrogens is 475 g/mol. The lowest BCUT2D eigenvalue weighted by Crippen LogP contribution is -2.33. The molecule has 178 valence electrons. The van der Waals surface area contributed by atoms with Crippen LogP contribution in [0.2, 0.25) is 5.28 Å². The first-order chi connectivity index (χ1) is 15.6. The minimum absolute atomic E-state index is 0.0141. The summed E-state index contributed by atoms with van der Waals surface area (Å²) < 4.78 is 23.2. The van der Waals surface area contributed by atoms with E-state index in [1.807, 2.05) is 37.3 Å². The number of anilines is 1. The molecule has 13 heteroatoms. The fourth-order valence-corrected chi connectivity index (χ4v) is 4.24. The molecule has 0 saturated carbocycles. The lowest BCUT2D eigenvalue weighted by atomic mass is 10.1. The molecule has 5 atom stereocenters. The van der Waals surface area contributed by atoms with Gasteiger partial charge >= 0.3 is 7.60 Å². The van der Waals surface area contributed by atoms with Gasteiger partial charge in [-0.2, -0.15) is 4.98 Å². The summed E-state index contributed by atoms with van der Waals surface area (Å²) in [5.74, 6) is 0.495. The minimum Gasteiger partial charge on any atom is -0.387 e. The van der Waals surface area contributed by atoms with E-state index in [1.165, 1.54) is 4.57 Å². The number of fused-ring (bicyclic) bond motifs is 1. The van der Waals surface area contributed by atoms with Gasteiger partial charge in [-0.05, 0) is 30.2 Å². The summed E-state index contributed by atoms with van der Waals surface area (Å²) in [5.41, 5.74) is 1.43. The standard InChI is InChI=1S/C20H24ClN4O7P/c1-11(12-5-3-2-4-6-12)22-17-13-7-8-25(18(13)24-20(21)23-17)19-16(27)15(26)14(32-19)9-31-10-33(28,29)30/h2-8,11,14-16,19,26-27H,9-10H2,1H3,(H,22,23,24)(H2,28,29,30)/t11-,14+,15+,16+,19+/m0/s1. The predicted molar refractivity (Wildman–Crippen MR) is 120 cm³/mol. The van der Waals surface area contributed by atoms with E-state index in [1.54, 1.807) is 12.3 Å². The van der Waals surface area contributed by atoms with E-state index >= 15 is 0 Å². The molecule has 3 heterocycles. The molecule has 1 aromatic carbocycles. The fourth-order valence-electron chi connectivity index (χ4n) is 3.74. The number of benzene rings is 1. The van der Waals surface area contributed by atoms with Crippen LogP contribution in [-0.2, 0) is 14.0 Å². The molecule has 0 amide bonds. The zero-order valence-electron chi connectivity index (χ0n) is 17.5. The number of nitrogens with zero attached hydrogens (tertiary/aromatic N) is 3. The Balaban J connectivity index is 1.57. The van der Waals surface area contributed by atoms with E-state index in [4.69, 9.17) is 30.9 Å². The van der Waals surface area contributed by atoms with Gasteiger partial charge in [0, 0.05) is 12.2 Å². The average Bonchev–Trinajstić information content (AvgIpc) is 3.29. The van der Waals surface area contributed by atoms with Crippen LogP contribution >= 0.6 is 19.2 Å². The summed E-state index contributed by atoms with van der Waals surface area (Å²) in [4.78, 5) is 26.4. The van der Waals surface area contributed by atoms with Crippen molar-refractivity contribution < 1.29 is 34.0 Å². The van der Waals surface area contributed by atoms with Crippen molar-refractivity contribution in [2.24, 2.45) is 0 Å². The van der Waals surface area contributed by atoms with Crippen molar-refractivity contribution in [1.82, 2.24) is 14.5 Å². The van der Waals surface area contributed by atoms with E-state index in [2.05, 4.69) is 15.3 Å². The van der Waals surface area contributed by atoms with Crippen LogP contribution in [-0.4, -0.2) is 65.8 Å². The van der Waals surface area contributed by atoms with E-state index in [-0.39, 0.29) is 17.9 Å². The Labute approximate surface area is 194 Å². The molecule has 0 aliphatic carbocycles. The molecule has 0 bridgehead atoms. The summed E-state index contributed by atoms with van der Waals surface area (Å²) >= 11 is 6.17. The van der Waals surface area contributed by atoms with Crippen LogP contribution in [0.1, 0.15) is 24.8 Å². The van der Waals surface area contributed by atoms with Gasteiger partial charge in [0.05, 0.1) is 12.0 Å². The highest BCUT2D eigenvalue weighted by Gasteiger charge is 2.44. The van der Waals surface area contributed by atoms with Crippen LogP contribution in [0, 0.1) is 0 Å². The number of aromatic nitrogens is 3. The topological polar surface area (TPSA) is 159 Å². The molecule has 1 saturated heterocycles. The van der Waals surface area contributed by atoms with Crippen molar-refractivity contribution in [3.8, 4) is 0 Å². The van der Waals surface area contributed by atoms with E-state index in [9.17, 15) is 14.8 Å². The second-order valence-corrected chi connectivity index (χ2v) is 9.71. The van der Waals surface area contributed by atoms with Gasteiger partial charge in [0.2, 0.25) is 5.28 Å². The monoisotopic (exact) mass is 498 g/mol. The molecule has 4 rings (SSSR count). The molecule has 0 spiro atoms. The summed E-state index contributed by atoms with van der Waals surface area (Å²) in [6.45, 7) is 1.67. The Bertz CT molecular complexity index is 1160. The van der Waals surface area contributed by atoms with Gasteiger partial charge < -0.3 is 39.4 Å². The fraction of sp³-hybridized carbons (Fsp3) is 0.400. The SMILES string of the molecule is C[C@H](Nc1nc(Cl)nc2c1ccn2[C@@H]1O[C@H](COCP(=O)(O)O)[C@@H](O)[C@H]1O)c1ccccc1.